The lowest BCUT2D eigenvalue weighted by Crippen LogP contribution is -2.37. The average Bonchev–Trinajstić information content (AvgIpc) is 3.23. The maximum Gasteiger partial charge on any atom is 0.340 e. The van der Waals surface area contributed by atoms with Crippen molar-refractivity contribution in [2.24, 2.45) is 0 Å². The monoisotopic (exact) mass is 404 g/mol. The van der Waals surface area contributed by atoms with Crippen LogP contribution in [-0.2, 0) is 14.3 Å². The SMILES string of the molecule is O=C(OCC(=O)N1CC=C(c2ccccc2)CC1)c1ccccc1N1CCCC1=O. The van der Waals surface area contributed by atoms with E-state index < -0.39 is 5.97 Å². The first-order valence-corrected chi connectivity index (χ1v) is 10.2. The first-order valence-electron chi connectivity index (χ1n) is 10.2. The summed E-state index contributed by atoms with van der Waals surface area (Å²) in [6, 6.07) is 17.0. The van der Waals surface area contributed by atoms with Gasteiger partial charge in [0.25, 0.3) is 5.91 Å². The van der Waals surface area contributed by atoms with Gasteiger partial charge in [-0.05, 0) is 36.1 Å². The van der Waals surface area contributed by atoms with Gasteiger partial charge in [0.2, 0.25) is 5.91 Å². The maximum atomic E-state index is 12.6. The Balaban J connectivity index is 1.35. The normalized spacial score (nSPS) is 16.4. The molecule has 30 heavy (non-hydrogen) atoms. The summed E-state index contributed by atoms with van der Waals surface area (Å²) in [5, 5.41) is 0. The van der Waals surface area contributed by atoms with Crippen LogP contribution >= 0.6 is 0 Å². The molecule has 0 N–H and O–H groups in total. The highest BCUT2D eigenvalue weighted by Gasteiger charge is 2.27. The summed E-state index contributed by atoms with van der Waals surface area (Å²) < 4.78 is 5.30. The fraction of sp³-hybridized carbons (Fsp3) is 0.292. The fourth-order valence-corrected chi connectivity index (χ4v) is 3.89. The second kappa shape index (κ2) is 8.95. The minimum absolute atomic E-state index is 0.000602. The Hall–Kier alpha value is -3.41. The van der Waals surface area contributed by atoms with Crippen molar-refractivity contribution in [3.8, 4) is 0 Å². The summed E-state index contributed by atoms with van der Waals surface area (Å²) >= 11 is 0. The van der Waals surface area contributed by atoms with Crippen LogP contribution in [0.25, 0.3) is 5.57 Å². The molecule has 2 heterocycles. The van der Waals surface area contributed by atoms with Gasteiger partial charge in [0.1, 0.15) is 0 Å². The Morgan fingerprint density at radius 3 is 2.40 bits per heavy atom. The molecule has 2 aliphatic rings. The molecule has 2 aromatic rings. The molecular formula is C24H24N2O4. The molecule has 6 heteroatoms. The van der Waals surface area contributed by atoms with Gasteiger partial charge in [-0.2, -0.15) is 0 Å². The number of carbonyl (C=O) groups is 3. The van der Waals surface area contributed by atoms with Crippen LogP contribution in [0.3, 0.4) is 0 Å². The summed E-state index contributed by atoms with van der Waals surface area (Å²) in [6.45, 7) is 1.37. The molecule has 0 radical (unpaired) electrons. The Labute approximate surface area is 175 Å². The third-order valence-corrected chi connectivity index (χ3v) is 5.52. The van der Waals surface area contributed by atoms with Crippen molar-refractivity contribution in [3.63, 3.8) is 0 Å². The third kappa shape index (κ3) is 4.27. The van der Waals surface area contributed by atoms with Gasteiger partial charge in [-0.25, -0.2) is 4.79 Å². The van der Waals surface area contributed by atoms with Crippen molar-refractivity contribution in [2.75, 3.05) is 31.1 Å². The third-order valence-electron chi connectivity index (χ3n) is 5.52. The molecule has 0 atom stereocenters. The molecular weight excluding hydrogens is 380 g/mol. The molecule has 0 aromatic heterocycles. The predicted molar refractivity (Wildman–Crippen MR) is 114 cm³/mol. The molecule has 0 unspecified atom stereocenters. The number of carbonyl (C=O) groups excluding carboxylic acids is 3. The van der Waals surface area contributed by atoms with E-state index in [1.807, 2.05) is 24.3 Å². The van der Waals surface area contributed by atoms with Crippen LogP contribution < -0.4 is 4.90 Å². The van der Waals surface area contributed by atoms with Crippen LogP contribution in [-0.4, -0.2) is 48.9 Å². The zero-order valence-corrected chi connectivity index (χ0v) is 16.8. The summed E-state index contributed by atoms with van der Waals surface area (Å²) in [4.78, 5) is 40.5. The van der Waals surface area contributed by atoms with E-state index in [9.17, 15) is 14.4 Å². The van der Waals surface area contributed by atoms with Gasteiger partial charge in [0, 0.05) is 26.1 Å². The van der Waals surface area contributed by atoms with Crippen molar-refractivity contribution >= 4 is 29.0 Å². The zero-order chi connectivity index (χ0) is 20.9. The van der Waals surface area contributed by atoms with E-state index in [-0.39, 0.29) is 18.4 Å². The van der Waals surface area contributed by atoms with E-state index >= 15 is 0 Å². The number of para-hydroxylation sites is 1. The molecule has 1 saturated heterocycles. The first-order chi connectivity index (χ1) is 14.6. The van der Waals surface area contributed by atoms with Gasteiger partial charge < -0.3 is 14.5 Å². The van der Waals surface area contributed by atoms with Crippen molar-refractivity contribution in [2.45, 2.75) is 19.3 Å². The van der Waals surface area contributed by atoms with E-state index in [0.29, 0.717) is 37.3 Å². The summed E-state index contributed by atoms with van der Waals surface area (Å²) in [7, 11) is 0. The Kier molecular flexibility index (Phi) is 5.93. The van der Waals surface area contributed by atoms with E-state index in [1.54, 1.807) is 34.1 Å². The van der Waals surface area contributed by atoms with Gasteiger partial charge in [-0.15, -0.1) is 0 Å². The van der Waals surface area contributed by atoms with E-state index in [1.165, 1.54) is 11.1 Å². The van der Waals surface area contributed by atoms with E-state index in [2.05, 4.69) is 12.1 Å². The molecule has 0 spiro atoms. The van der Waals surface area contributed by atoms with Crippen LogP contribution in [0.4, 0.5) is 5.69 Å². The van der Waals surface area contributed by atoms with E-state index in [0.717, 1.165) is 12.8 Å². The number of rotatable bonds is 5. The molecule has 0 bridgehead atoms. The Morgan fingerprint density at radius 2 is 1.70 bits per heavy atom. The molecule has 0 saturated carbocycles. The van der Waals surface area contributed by atoms with Crippen molar-refractivity contribution < 1.29 is 19.1 Å². The number of esters is 1. The highest BCUT2D eigenvalue weighted by Crippen LogP contribution is 2.26. The quantitative estimate of drug-likeness (QED) is 0.718. The predicted octanol–water partition coefficient (Wildman–Crippen LogP) is 3.29. The second-order valence-corrected chi connectivity index (χ2v) is 7.43. The lowest BCUT2D eigenvalue weighted by molar-refractivity contribution is -0.134. The van der Waals surface area contributed by atoms with Crippen molar-refractivity contribution in [1.29, 1.82) is 0 Å². The molecule has 0 aliphatic carbocycles. The van der Waals surface area contributed by atoms with Crippen LogP contribution in [0.2, 0.25) is 0 Å². The molecule has 154 valence electrons. The van der Waals surface area contributed by atoms with Crippen LogP contribution in [0.15, 0.2) is 60.7 Å². The lowest BCUT2D eigenvalue weighted by atomic mass is 10.00. The lowest BCUT2D eigenvalue weighted by Gasteiger charge is -2.26. The number of benzene rings is 2. The standard InChI is InChI=1S/C24H24N2O4/c27-22-11-6-14-26(22)21-10-5-4-9-20(21)24(29)30-17-23(28)25-15-12-19(13-16-25)18-7-2-1-3-8-18/h1-5,7-10,12H,6,11,13-17H2. The summed E-state index contributed by atoms with van der Waals surface area (Å²) in [5.74, 6) is -0.807. The zero-order valence-electron chi connectivity index (χ0n) is 16.8. The number of anilines is 1. The summed E-state index contributed by atoms with van der Waals surface area (Å²) in [6.07, 6.45) is 4.07. The molecule has 2 aromatic carbocycles. The van der Waals surface area contributed by atoms with Crippen LogP contribution in [0, 0.1) is 0 Å². The average molecular weight is 404 g/mol. The van der Waals surface area contributed by atoms with Gasteiger partial charge in [-0.3, -0.25) is 9.59 Å². The smallest absolute Gasteiger partial charge is 0.340 e. The Bertz CT molecular complexity index is 984. The molecule has 2 amide bonds. The Morgan fingerprint density at radius 1 is 0.933 bits per heavy atom. The molecule has 1 fully saturated rings. The molecule has 6 nitrogen and oxygen atoms in total. The topological polar surface area (TPSA) is 66.9 Å². The number of hydrogen-bond acceptors (Lipinski definition) is 4. The van der Waals surface area contributed by atoms with Gasteiger partial charge in [-0.1, -0.05) is 48.5 Å². The number of hydrogen-bond donors (Lipinski definition) is 0. The van der Waals surface area contributed by atoms with Gasteiger partial charge >= 0.3 is 5.97 Å². The minimum Gasteiger partial charge on any atom is -0.452 e. The minimum atomic E-state index is -0.587. The number of amides is 2. The highest BCUT2D eigenvalue weighted by molar-refractivity contribution is 6.04. The second-order valence-electron chi connectivity index (χ2n) is 7.43. The maximum absolute atomic E-state index is 12.6. The highest BCUT2D eigenvalue weighted by atomic mass is 16.5. The number of ether oxygens (including phenoxy) is 1. The van der Waals surface area contributed by atoms with E-state index in [4.69, 9.17) is 4.74 Å². The summed E-state index contributed by atoms with van der Waals surface area (Å²) in [5.41, 5.74) is 3.25. The molecule has 4 rings (SSSR count). The van der Waals surface area contributed by atoms with Gasteiger partial charge in [0.05, 0.1) is 11.3 Å². The molecule has 2 aliphatic heterocycles. The van der Waals surface area contributed by atoms with Crippen LogP contribution in [0.1, 0.15) is 35.2 Å². The number of nitrogens with zero attached hydrogens (tertiary/aromatic N) is 2. The van der Waals surface area contributed by atoms with Crippen molar-refractivity contribution in [1.82, 2.24) is 4.90 Å². The van der Waals surface area contributed by atoms with Crippen LogP contribution in [0.5, 0.6) is 0 Å². The van der Waals surface area contributed by atoms with Crippen molar-refractivity contribution in [3.05, 3.63) is 71.8 Å². The first kappa shape index (κ1) is 19.9. The largest absolute Gasteiger partial charge is 0.452 e. The fourth-order valence-electron chi connectivity index (χ4n) is 3.89. The van der Waals surface area contributed by atoms with Gasteiger partial charge in [0.15, 0.2) is 6.61 Å².